The lowest BCUT2D eigenvalue weighted by Crippen LogP contribution is -2.59. The fraction of sp³-hybridized carbons (Fsp3) is 0.350. The molecule has 1 aliphatic heterocycles. The fourth-order valence-electron chi connectivity index (χ4n) is 3.41. The second-order valence-electron chi connectivity index (χ2n) is 6.93. The van der Waals surface area contributed by atoms with Gasteiger partial charge in [-0.25, -0.2) is 0 Å². The van der Waals surface area contributed by atoms with E-state index >= 15 is 0 Å². The van der Waals surface area contributed by atoms with Gasteiger partial charge in [0.1, 0.15) is 6.04 Å². The molecule has 9 heteroatoms. The Morgan fingerprint density at radius 1 is 1.31 bits per heavy atom. The molecule has 9 nitrogen and oxygen atoms in total. The lowest BCUT2D eigenvalue weighted by Gasteiger charge is -2.37. The molecule has 3 rings (SSSR count). The van der Waals surface area contributed by atoms with Crippen LogP contribution >= 0.6 is 0 Å². The molecule has 0 radical (unpaired) electrons. The maximum Gasteiger partial charge on any atom is 0.274 e. The number of pyridine rings is 1. The zero-order valence-electron chi connectivity index (χ0n) is 16.2. The molecule has 1 aromatic carbocycles. The molecule has 1 fully saturated rings. The first-order valence-electron chi connectivity index (χ1n) is 9.33. The molecular weight excluding hydrogens is 374 g/mol. The number of nitrogens with one attached hydrogen (secondary N) is 1. The van der Waals surface area contributed by atoms with Crippen LogP contribution in [0.4, 0.5) is 5.69 Å². The first-order chi connectivity index (χ1) is 14.0. The number of hydrogen-bond acceptors (Lipinski definition) is 6. The van der Waals surface area contributed by atoms with Gasteiger partial charge in [-0.2, -0.15) is 0 Å². The minimum absolute atomic E-state index is 0.0292. The van der Waals surface area contributed by atoms with Crippen LogP contribution in [0.15, 0.2) is 48.8 Å². The van der Waals surface area contributed by atoms with E-state index in [1.54, 1.807) is 48.6 Å². The number of nitro groups is 1. The van der Waals surface area contributed by atoms with Gasteiger partial charge in [0.15, 0.2) is 0 Å². The number of carbonyl (C=O) groups excluding carboxylic acids is 2. The van der Waals surface area contributed by atoms with Crippen LogP contribution in [-0.4, -0.2) is 64.2 Å². The largest absolute Gasteiger partial charge is 0.339 e. The van der Waals surface area contributed by atoms with Gasteiger partial charge in [0, 0.05) is 50.7 Å². The predicted octanol–water partition coefficient (Wildman–Crippen LogP) is 0.991. The van der Waals surface area contributed by atoms with Crippen molar-refractivity contribution in [2.75, 3.05) is 26.7 Å². The van der Waals surface area contributed by atoms with Crippen molar-refractivity contribution >= 4 is 17.5 Å². The van der Waals surface area contributed by atoms with Gasteiger partial charge in [-0.3, -0.25) is 24.7 Å². The van der Waals surface area contributed by atoms with Crippen LogP contribution in [0.5, 0.6) is 0 Å². The lowest BCUT2D eigenvalue weighted by atomic mass is 10.1. The smallest absolute Gasteiger partial charge is 0.274 e. The van der Waals surface area contributed by atoms with Gasteiger partial charge in [-0.15, -0.1) is 0 Å². The van der Waals surface area contributed by atoms with Gasteiger partial charge >= 0.3 is 0 Å². The average Bonchev–Trinajstić information content (AvgIpc) is 2.74. The Bertz CT molecular complexity index is 889. The summed E-state index contributed by atoms with van der Waals surface area (Å²) in [6.07, 6.45) is 3.45. The summed E-state index contributed by atoms with van der Waals surface area (Å²) >= 11 is 0. The summed E-state index contributed by atoms with van der Waals surface area (Å²) in [4.78, 5) is 43.7. The van der Waals surface area contributed by atoms with E-state index in [0.717, 1.165) is 5.56 Å². The molecule has 1 saturated heterocycles. The van der Waals surface area contributed by atoms with E-state index in [4.69, 9.17) is 0 Å². The van der Waals surface area contributed by atoms with Crippen molar-refractivity contribution in [2.24, 2.45) is 0 Å². The molecular formula is C20H23N5O4. The van der Waals surface area contributed by atoms with Gasteiger partial charge in [0.05, 0.1) is 17.9 Å². The van der Waals surface area contributed by atoms with Crippen LogP contribution in [0.2, 0.25) is 0 Å². The maximum absolute atomic E-state index is 13.1. The normalized spacial score (nSPS) is 16.3. The number of piperazine rings is 1. The molecule has 0 bridgehead atoms. The number of nitrogens with zero attached hydrogens (tertiary/aromatic N) is 4. The first kappa shape index (κ1) is 20.4. The van der Waals surface area contributed by atoms with E-state index in [1.807, 2.05) is 6.07 Å². The van der Waals surface area contributed by atoms with Crippen LogP contribution in [-0.2, 0) is 22.6 Å². The molecule has 152 valence electrons. The van der Waals surface area contributed by atoms with E-state index in [9.17, 15) is 19.7 Å². The summed E-state index contributed by atoms with van der Waals surface area (Å²) < 4.78 is 0. The minimum atomic E-state index is -0.652. The monoisotopic (exact) mass is 397 g/mol. The number of carbonyl (C=O) groups is 2. The number of aromatic nitrogens is 1. The van der Waals surface area contributed by atoms with Crippen molar-refractivity contribution in [3.8, 4) is 0 Å². The summed E-state index contributed by atoms with van der Waals surface area (Å²) in [6, 6.07) is 9.28. The van der Waals surface area contributed by atoms with Crippen LogP contribution < -0.4 is 5.32 Å². The van der Waals surface area contributed by atoms with E-state index in [2.05, 4.69) is 10.3 Å². The van der Waals surface area contributed by atoms with E-state index in [-0.39, 0.29) is 30.5 Å². The van der Waals surface area contributed by atoms with Crippen molar-refractivity contribution in [3.63, 3.8) is 0 Å². The molecule has 2 amide bonds. The Kier molecular flexibility index (Phi) is 6.50. The number of amides is 2. The number of para-hydroxylation sites is 1. The van der Waals surface area contributed by atoms with Gasteiger partial charge in [-0.1, -0.05) is 24.3 Å². The average molecular weight is 397 g/mol. The number of benzene rings is 1. The van der Waals surface area contributed by atoms with Crippen molar-refractivity contribution < 1.29 is 14.5 Å². The zero-order valence-corrected chi connectivity index (χ0v) is 16.2. The SMILES string of the molecule is CN(Cc1ccccc1[N+](=O)[O-])C(=O)C1CNCCN1C(=O)Cc1cccnc1. The molecule has 1 atom stereocenters. The Labute approximate surface area is 168 Å². The van der Waals surface area contributed by atoms with E-state index < -0.39 is 11.0 Å². The minimum Gasteiger partial charge on any atom is -0.339 e. The van der Waals surface area contributed by atoms with Crippen LogP contribution in [0.25, 0.3) is 0 Å². The Morgan fingerprint density at radius 2 is 2.10 bits per heavy atom. The van der Waals surface area contributed by atoms with Crippen molar-refractivity contribution in [2.45, 2.75) is 19.0 Å². The molecule has 1 N–H and O–H groups in total. The van der Waals surface area contributed by atoms with E-state index in [1.165, 1.54) is 11.0 Å². The first-order valence-corrected chi connectivity index (χ1v) is 9.33. The van der Waals surface area contributed by atoms with Gasteiger partial charge in [0.2, 0.25) is 11.8 Å². The highest BCUT2D eigenvalue weighted by atomic mass is 16.6. The Balaban J connectivity index is 1.72. The maximum atomic E-state index is 13.1. The molecule has 29 heavy (non-hydrogen) atoms. The molecule has 0 saturated carbocycles. The highest BCUT2D eigenvalue weighted by Gasteiger charge is 2.34. The predicted molar refractivity (Wildman–Crippen MR) is 106 cm³/mol. The van der Waals surface area contributed by atoms with E-state index in [0.29, 0.717) is 25.2 Å². The number of likely N-dealkylation sites (N-methyl/N-ethyl adjacent to an activating group) is 1. The third-order valence-corrected chi connectivity index (χ3v) is 4.90. The second kappa shape index (κ2) is 9.24. The van der Waals surface area contributed by atoms with Gasteiger partial charge in [-0.05, 0) is 11.6 Å². The highest BCUT2D eigenvalue weighted by Crippen LogP contribution is 2.20. The summed E-state index contributed by atoms with van der Waals surface area (Å²) in [5.41, 5.74) is 1.21. The Morgan fingerprint density at radius 3 is 2.83 bits per heavy atom. The summed E-state index contributed by atoms with van der Waals surface area (Å²) in [6.45, 7) is 1.47. The lowest BCUT2D eigenvalue weighted by molar-refractivity contribution is -0.385. The fourth-order valence-corrected chi connectivity index (χ4v) is 3.41. The molecule has 1 aromatic heterocycles. The third kappa shape index (κ3) is 4.94. The summed E-state index contributed by atoms with van der Waals surface area (Å²) in [7, 11) is 1.59. The van der Waals surface area contributed by atoms with Crippen LogP contribution in [0.1, 0.15) is 11.1 Å². The highest BCUT2D eigenvalue weighted by molar-refractivity contribution is 5.89. The molecule has 0 aliphatic carbocycles. The topological polar surface area (TPSA) is 109 Å². The van der Waals surface area contributed by atoms with Crippen molar-refractivity contribution in [3.05, 3.63) is 70.0 Å². The number of hydrogen-bond donors (Lipinski definition) is 1. The number of nitro benzene ring substituents is 1. The second-order valence-corrected chi connectivity index (χ2v) is 6.93. The third-order valence-electron chi connectivity index (χ3n) is 4.90. The standard InChI is InChI=1S/C20H23N5O4/c1-23(14-16-6-2-3-7-17(16)25(28)29)20(27)18-13-22-9-10-24(18)19(26)11-15-5-4-8-21-12-15/h2-8,12,18,22H,9-11,13-14H2,1H3. The zero-order chi connectivity index (χ0) is 20.8. The number of rotatable bonds is 6. The van der Waals surface area contributed by atoms with Gasteiger partial charge < -0.3 is 15.1 Å². The van der Waals surface area contributed by atoms with Crippen LogP contribution in [0.3, 0.4) is 0 Å². The Hall–Kier alpha value is -3.33. The van der Waals surface area contributed by atoms with Crippen LogP contribution in [0, 0.1) is 10.1 Å². The summed E-state index contributed by atoms with van der Waals surface area (Å²) in [5, 5.41) is 14.4. The summed E-state index contributed by atoms with van der Waals surface area (Å²) in [5.74, 6) is -0.396. The quantitative estimate of drug-likeness (QED) is 0.575. The van der Waals surface area contributed by atoms with Crippen molar-refractivity contribution in [1.82, 2.24) is 20.1 Å². The van der Waals surface area contributed by atoms with Gasteiger partial charge in [0.25, 0.3) is 5.69 Å². The molecule has 1 unspecified atom stereocenters. The van der Waals surface area contributed by atoms with Crippen molar-refractivity contribution in [1.29, 1.82) is 0 Å². The molecule has 0 spiro atoms. The molecule has 2 aromatic rings. The molecule has 2 heterocycles. The molecule has 1 aliphatic rings.